The number of hydrogen-bond donors (Lipinski definition) is 3. The van der Waals surface area contributed by atoms with Gasteiger partial charge in [-0.05, 0) is 32.0 Å². The molecule has 1 aromatic rings. The number of rotatable bonds is 5. The van der Waals surface area contributed by atoms with Gasteiger partial charge in [0.15, 0.2) is 0 Å². The number of benzene rings is 1. The fourth-order valence-corrected chi connectivity index (χ4v) is 1.60. The lowest BCUT2D eigenvalue weighted by molar-refractivity contribution is -0.130. The van der Waals surface area contributed by atoms with Crippen molar-refractivity contribution >= 4 is 23.3 Å². The van der Waals surface area contributed by atoms with Crippen molar-refractivity contribution in [2.75, 3.05) is 24.6 Å². The first kappa shape index (κ1) is 14.8. The Labute approximate surface area is 112 Å². The van der Waals surface area contributed by atoms with Crippen molar-refractivity contribution in [3.8, 4) is 0 Å². The number of carbonyl (C=O) groups is 2. The molecule has 0 radical (unpaired) electrons. The quantitative estimate of drug-likeness (QED) is 0.696. The molecule has 0 fully saturated rings. The molecule has 0 saturated carbocycles. The van der Waals surface area contributed by atoms with Crippen molar-refractivity contribution in [3.05, 3.63) is 23.8 Å². The Hall–Kier alpha value is -2.24. The van der Waals surface area contributed by atoms with E-state index in [2.05, 4.69) is 5.32 Å². The molecule has 0 bridgehead atoms. The first-order chi connectivity index (χ1) is 8.86. The molecule has 0 aliphatic rings. The van der Waals surface area contributed by atoms with Crippen LogP contribution in [0.1, 0.15) is 24.2 Å². The number of carbonyl (C=O) groups excluding carboxylic acids is 1. The van der Waals surface area contributed by atoms with Gasteiger partial charge in [-0.1, -0.05) is 0 Å². The van der Waals surface area contributed by atoms with Gasteiger partial charge in [0.05, 0.1) is 16.9 Å². The van der Waals surface area contributed by atoms with E-state index in [0.717, 1.165) is 0 Å². The lowest BCUT2D eigenvalue weighted by atomic mass is 10.1. The van der Waals surface area contributed by atoms with E-state index >= 15 is 0 Å². The van der Waals surface area contributed by atoms with Gasteiger partial charge in [0.25, 0.3) is 0 Å². The molecule has 1 aromatic carbocycles. The highest BCUT2D eigenvalue weighted by Gasteiger charge is 2.17. The third kappa shape index (κ3) is 3.61. The average molecular weight is 265 g/mol. The van der Waals surface area contributed by atoms with Crippen LogP contribution in [-0.4, -0.2) is 41.5 Å². The minimum absolute atomic E-state index is 0.0809. The monoisotopic (exact) mass is 265 g/mol. The lowest BCUT2D eigenvalue weighted by Crippen LogP contribution is -2.39. The summed E-state index contributed by atoms with van der Waals surface area (Å²) >= 11 is 0. The number of amides is 1. The number of carboxylic acid groups (broad SMARTS) is 1. The van der Waals surface area contributed by atoms with Crippen LogP contribution in [0.3, 0.4) is 0 Å². The van der Waals surface area contributed by atoms with Crippen LogP contribution in [0, 0.1) is 0 Å². The molecule has 6 nitrogen and oxygen atoms in total. The summed E-state index contributed by atoms with van der Waals surface area (Å²) in [5, 5.41) is 11.9. The predicted molar refractivity (Wildman–Crippen MR) is 74.2 cm³/mol. The molecule has 19 heavy (non-hydrogen) atoms. The molecular weight excluding hydrogens is 246 g/mol. The molecule has 1 unspecified atom stereocenters. The minimum atomic E-state index is -1.03. The maximum Gasteiger partial charge on any atom is 0.335 e. The summed E-state index contributed by atoms with van der Waals surface area (Å²) in [6.45, 7) is 4.20. The van der Waals surface area contributed by atoms with E-state index in [1.807, 2.05) is 6.92 Å². The highest BCUT2D eigenvalue weighted by Crippen LogP contribution is 2.21. The molecule has 0 aliphatic carbocycles. The maximum atomic E-state index is 11.9. The summed E-state index contributed by atoms with van der Waals surface area (Å²) < 4.78 is 0. The normalized spacial score (nSPS) is 11.7. The standard InChI is InChI=1S/C13H19N3O3/c1-4-16(3)12(17)8(2)15-11-7-9(13(18)19)5-6-10(11)14/h5-8,15H,4,14H2,1-3H3,(H,18,19). The highest BCUT2D eigenvalue weighted by molar-refractivity contribution is 5.91. The number of nitrogens with two attached hydrogens (primary N) is 1. The SMILES string of the molecule is CCN(C)C(=O)C(C)Nc1cc(C(=O)O)ccc1N. The van der Waals surface area contributed by atoms with Crippen molar-refractivity contribution in [1.29, 1.82) is 0 Å². The molecule has 0 aliphatic heterocycles. The summed E-state index contributed by atoms with van der Waals surface area (Å²) in [4.78, 5) is 24.4. The fourth-order valence-electron chi connectivity index (χ4n) is 1.60. The number of anilines is 2. The van der Waals surface area contributed by atoms with Gasteiger partial charge in [-0.25, -0.2) is 4.79 Å². The van der Waals surface area contributed by atoms with E-state index < -0.39 is 12.0 Å². The Kier molecular flexibility index (Phi) is 4.74. The summed E-state index contributed by atoms with van der Waals surface area (Å²) in [6.07, 6.45) is 0. The number of nitrogens with one attached hydrogen (secondary N) is 1. The van der Waals surface area contributed by atoms with E-state index in [4.69, 9.17) is 10.8 Å². The van der Waals surface area contributed by atoms with Crippen LogP contribution in [-0.2, 0) is 4.79 Å². The largest absolute Gasteiger partial charge is 0.478 e. The summed E-state index contributed by atoms with van der Waals surface area (Å²) in [5.74, 6) is -1.12. The van der Waals surface area contributed by atoms with Gasteiger partial charge in [0.2, 0.25) is 5.91 Å². The van der Waals surface area contributed by atoms with Crippen molar-refractivity contribution in [3.63, 3.8) is 0 Å². The minimum Gasteiger partial charge on any atom is -0.478 e. The molecule has 1 amide bonds. The van der Waals surface area contributed by atoms with Crippen LogP contribution >= 0.6 is 0 Å². The number of nitrogens with zero attached hydrogens (tertiary/aromatic N) is 1. The van der Waals surface area contributed by atoms with E-state index in [1.165, 1.54) is 18.2 Å². The molecule has 4 N–H and O–H groups in total. The molecule has 1 atom stereocenters. The highest BCUT2D eigenvalue weighted by atomic mass is 16.4. The zero-order valence-corrected chi connectivity index (χ0v) is 11.3. The number of nitrogen functional groups attached to an aromatic ring is 1. The van der Waals surface area contributed by atoms with Crippen molar-refractivity contribution in [2.24, 2.45) is 0 Å². The molecule has 0 heterocycles. The number of hydrogen-bond acceptors (Lipinski definition) is 4. The van der Waals surface area contributed by atoms with Gasteiger partial charge in [-0.2, -0.15) is 0 Å². The number of aromatic carboxylic acids is 1. The molecule has 0 spiro atoms. The van der Waals surface area contributed by atoms with Gasteiger partial charge in [-0.3, -0.25) is 4.79 Å². The second-order valence-electron chi connectivity index (χ2n) is 4.33. The topological polar surface area (TPSA) is 95.7 Å². The molecular formula is C13H19N3O3. The summed E-state index contributed by atoms with van der Waals surface area (Å²) in [7, 11) is 1.71. The second kappa shape index (κ2) is 6.08. The zero-order chi connectivity index (χ0) is 14.6. The van der Waals surface area contributed by atoms with Crippen LogP contribution in [0.15, 0.2) is 18.2 Å². The van der Waals surface area contributed by atoms with Crippen LogP contribution < -0.4 is 11.1 Å². The van der Waals surface area contributed by atoms with Crippen LogP contribution in [0.5, 0.6) is 0 Å². The van der Waals surface area contributed by atoms with E-state index in [9.17, 15) is 9.59 Å². The number of carboxylic acids is 1. The van der Waals surface area contributed by atoms with E-state index in [-0.39, 0.29) is 11.5 Å². The first-order valence-electron chi connectivity index (χ1n) is 6.01. The van der Waals surface area contributed by atoms with Gasteiger partial charge in [0.1, 0.15) is 6.04 Å². The second-order valence-corrected chi connectivity index (χ2v) is 4.33. The van der Waals surface area contributed by atoms with Gasteiger partial charge >= 0.3 is 5.97 Å². The number of likely N-dealkylation sites (N-methyl/N-ethyl adjacent to an activating group) is 1. The molecule has 0 saturated heterocycles. The average Bonchev–Trinajstić information content (AvgIpc) is 2.38. The zero-order valence-electron chi connectivity index (χ0n) is 11.3. The predicted octanol–water partition coefficient (Wildman–Crippen LogP) is 1.25. The van der Waals surface area contributed by atoms with Crippen LogP contribution in [0.25, 0.3) is 0 Å². The third-order valence-electron chi connectivity index (χ3n) is 2.89. The molecule has 6 heteroatoms. The van der Waals surface area contributed by atoms with Crippen LogP contribution in [0.4, 0.5) is 11.4 Å². The Morgan fingerprint density at radius 1 is 1.47 bits per heavy atom. The van der Waals surface area contributed by atoms with E-state index in [1.54, 1.807) is 18.9 Å². The van der Waals surface area contributed by atoms with Crippen molar-refractivity contribution < 1.29 is 14.7 Å². The molecule has 104 valence electrons. The Morgan fingerprint density at radius 2 is 2.11 bits per heavy atom. The van der Waals surface area contributed by atoms with Gasteiger partial charge in [-0.15, -0.1) is 0 Å². The first-order valence-corrected chi connectivity index (χ1v) is 6.01. The third-order valence-corrected chi connectivity index (χ3v) is 2.89. The van der Waals surface area contributed by atoms with Gasteiger partial charge in [0, 0.05) is 13.6 Å². The van der Waals surface area contributed by atoms with Crippen molar-refractivity contribution in [1.82, 2.24) is 4.90 Å². The maximum absolute atomic E-state index is 11.9. The summed E-state index contributed by atoms with van der Waals surface area (Å²) in [5.41, 5.74) is 6.75. The Balaban J connectivity index is 2.90. The fraction of sp³-hybridized carbons (Fsp3) is 0.385. The lowest BCUT2D eigenvalue weighted by Gasteiger charge is -2.22. The van der Waals surface area contributed by atoms with Gasteiger partial charge < -0.3 is 21.1 Å². The summed E-state index contributed by atoms with van der Waals surface area (Å²) in [6, 6.07) is 3.88. The smallest absolute Gasteiger partial charge is 0.335 e. The Bertz CT molecular complexity index is 488. The molecule has 1 rings (SSSR count). The van der Waals surface area contributed by atoms with E-state index in [0.29, 0.717) is 17.9 Å². The Morgan fingerprint density at radius 3 is 2.63 bits per heavy atom. The van der Waals surface area contributed by atoms with Crippen LogP contribution in [0.2, 0.25) is 0 Å². The van der Waals surface area contributed by atoms with Crippen molar-refractivity contribution in [2.45, 2.75) is 19.9 Å². The molecule has 0 aromatic heterocycles.